The SMILES string of the molecule is CC(C)CN(C[C@H]1CN(Cc2cccs2)C[C@H]1c1cccc(C(F)(F)F)c1)C(=O)c1ccccc1. The standard InChI is InChI=1S/C28H31F3N2OS/c1-20(2)15-33(27(34)21-8-4-3-5-9-21)17-23-16-32(18-25-12-7-13-35-25)19-26(23)22-10-6-11-24(14-22)28(29,30)31/h3-14,20,23,26H,15-19H2,1-2H3/t23-,26+/m1/s1. The van der Waals surface area contributed by atoms with Crippen LogP contribution in [0.4, 0.5) is 13.2 Å². The average molecular weight is 501 g/mol. The third-order valence-electron chi connectivity index (χ3n) is 6.47. The fourth-order valence-corrected chi connectivity index (χ4v) is 5.69. The summed E-state index contributed by atoms with van der Waals surface area (Å²) in [6, 6.07) is 19.0. The van der Waals surface area contributed by atoms with Crippen LogP contribution in [0.15, 0.2) is 72.1 Å². The number of benzene rings is 2. The van der Waals surface area contributed by atoms with E-state index in [1.54, 1.807) is 17.4 Å². The van der Waals surface area contributed by atoms with E-state index in [2.05, 4.69) is 24.8 Å². The van der Waals surface area contributed by atoms with E-state index in [1.165, 1.54) is 17.0 Å². The molecule has 1 fully saturated rings. The van der Waals surface area contributed by atoms with E-state index < -0.39 is 11.7 Å². The Morgan fingerprint density at radius 2 is 1.83 bits per heavy atom. The number of likely N-dealkylation sites (tertiary alicyclic amines) is 1. The van der Waals surface area contributed by atoms with Gasteiger partial charge in [-0.2, -0.15) is 13.2 Å². The highest BCUT2D eigenvalue weighted by Crippen LogP contribution is 2.38. The van der Waals surface area contributed by atoms with Gasteiger partial charge in [-0.15, -0.1) is 11.3 Å². The number of halogens is 3. The van der Waals surface area contributed by atoms with Crippen molar-refractivity contribution in [3.8, 4) is 0 Å². The van der Waals surface area contributed by atoms with Gasteiger partial charge in [0.05, 0.1) is 5.56 Å². The molecule has 0 unspecified atom stereocenters. The highest BCUT2D eigenvalue weighted by atomic mass is 32.1. The lowest BCUT2D eigenvalue weighted by molar-refractivity contribution is -0.137. The predicted molar refractivity (Wildman–Crippen MR) is 134 cm³/mol. The van der Waals surface area contributed by atoms with E-state index in [-0.39, 0.29) is 23.7 Å². The molecule has 1 aliphatic heterocycles. The first-order chi connectivity index (χ1) is 16.7. The molecule has 1 aliphatic rings. The van der Waals surface area contributed by atoms with E-state index in [9.17, 15) is 18.0 Å². The van der Waals surface area contributed by atoms with Crippen molar-refractivity contribution in [1.82, 2.24) is 9.80 Å². The van der Waals surface area contributed by atoms with Crippen molar-refractivity contribution < 1.29 is 18.0 Å². The van der Waals surface area contributed by atoms with E-state index in [0.717, 1.165) is 19.2 Å². The molecule has 0 N–H and O–H groups in total. The van der Waals surface area contributed by atoms with Crippen molar-refractivity contribution in [3.63, 3.8) is 0 Å². The maximum absolute atomic E-state index is 13.5. The summed E-state index contributed by atoms with van der Waals surface area (Å²) in [7, 11) is 0. The van der Waals surface area contributed by atoms with E-state index in [4.69, 9.17) is 0 Å². The van der Waals surface area contributed by atoms with Crippen LogP contribution in [0.2, 0.25) is 0 Å². The monoisotopic (exact) mass is 500 g/mol. The number of hydrogen-bond donors (Lipinski definition) is 0. The van der Waals surface area contributed by atoms with Crippen LogP contribution in [0.5, 0.6) is 0 Å². The Morgan fingerprint density at radius 3 is 2.49 bits per heavy atom. The molecule has 35 heavy (non-hydrogen) atoms. The summed E-state index contributed by atoms with van der Waals surface area (Å²) in [6.45, 7) is 7.42. The van der Waals surface area contributed by atoms with Crippen molar-refractivity contribution >= 4 is 17.2 Å². The van der Waals surface area contributed by atoms with Crippen LogP contribution in [0.25, 0.3) is 0 Å². The fourth-order valence-electron chi connectivity index (χ4n) is 4.95. The summed E-state index contributed by atoms with van der Waals surface area (Å²) < 4.78 is 40.4. The van der Waals surface area contributed by atoms with Crippen molar-refractivity contribution in [2.24, 2.45) is 11.8 Å². The first-order valence-electron chi connectivity index (χ1n) is 12.0. The normalized spacial score (nSPS) is 18.8. The first kappa shape index (κ1) is 25.5. The van der Waals surface area contributed by atoms with Crippen molar-refractivity contribution in [2.75, 3.05) is 26.2 Å². The third-order valence-corrected chi connectivity index (χ3v) is 7.33. The molecule has 1 saturated heterocycles. The summed E-state index contributed by atoms with van der Waals surface area (Å²) >= 11 is 1.68. The zero-order chi connectivity index (χ0) is 25.0. The van der Waals surface area contributed by atoms with Gasteiger partial charge in [-0.1, -0.05) is 56.3 Å². The Kier molecular flexibility index (Phi) is 7.97. The van der Waals surface area contributed by atoms with Gasteiger partial charge in [-0.25, -0.2) is 0 Å². The van der Waals surface area contributed by atoms with Gasteiger partial charge in [0, 0.05) is 49.1 Å². The zero-order valence-corrected chi connectivity index (χ0v) is 20.9. The number of thiophene rings is 1. The molecule has 2 heterocycles. The maximum atomic E-state index is 13.5. The second-order valence-electron chi connectivity index (χ2n) is 9.73. The van der Waals surface area contributed by atoms with Crippen LogP contribution < -0.4 is 0 Å². The van der Waals surface area contributed by atoms with E-state index in [0.29, 0.717) is 30.8 Å². The number of rotatable bonds is 8. The molecule has 7 heteroatoms. The fraction of sp³-hybridized carbons (Fsp3) is 0.393. The Labute approximate surface area is 209 Å². The lowest BCUT2D eigenvalue weighted by Crippen LogP contribution is -2.39. The molecule has 4 rings (SSSR count). The molecule has 1 amide bonds. The second kappa shape index (κ2) is 11.0. The van der Waals surface area contributed by atoms with Crippen LogP contribution in [0.1, 0.15) is 46.1 Å². The lowest BCUT2D eigenvalue weighted by atomic mass is 9.87. The molecule has 2 aromatic carbocycles. The Balaban J connectivity index is 1.62. The molecular formula is C28H31F3N2OS. The van der Waals surface area contributed by atoms with Gasteiger partial charge in [0.25, 0.3) is 5.91 Å². The van der Waals surface area contributed by atoms with Gasteiger partial charge in [0.15, 0.2) is 0 Å². The van der Waals surface area contributed by atoms with E-state index >= 15 is 0 Å². The molecule has 0 radical (unpaired) electrons. The van der Waals surface area contributed by atoms with Crippen molar-refractivity contribution in [3.05, 3.63) is 93.7 Å². The van der Waals surface area contributed by atoms with Crippen LogP contribution in [0.3, 0.4) is 0 Å². The minimum absolute atomic E-state index is 0.0289. The van der Waals surface area contributed by atoms with E-state index in [1.807, 2.05) is 46.7 Å². The molecule has 0 saturated carbocycles. The van der Waals surface area contributed by atoms with Crippen molar-refractivity contribution in [1.29, 1.82) is 0 Å². The topological polar surface area (TPSA) is 23.6 Å². The Morgan fingerprint density at radius 1 is 1.06 bits per heavy atom. The smallest absolute Gasteiger partial charge is 0.338 e. The van der Waals surface area contributed by atoms with Gasteiger partial charge >= 0.3 is 6.18 Å². The second-order valence-corrected chi connectivity index (χ2v) is 10.8. The summed E-state index contributed by atoms with van der Waals surface area (Å²) in [5, 5.41) is 2.04. The minimum Gasteiger partial charge on any atom is -0.338 e. The summed E-state index contributed by atoms with van der Waals surface area (Å²) in [5.41, 5.74) is 0.706. The number of alkyl halides is 3. The number of carbonyl (C=O) groups excluding carboxylic acids is 1. The number of carbonyl (C=O) groups is 1. The predicted octanol–water partition coefficient (Wildman–Crippen LogP) is 6.78. The first-order valence-corrected chi connectivity index (χ1v) is 12.8. The molecule has 3 nitrogen and oxygen atoms in total. The van der Waals surface area contributed by atoms with Gasteiger partial charge in [0.2, 0.25) is 0 Å². The van der Waals surface area contributed by atoms with Crippen LogP contribution >= 0.6 is 11.3 Å². The molecule has 2 atom stereocenters. The molecule has 0 spiro atoms. The Bertz CT molecular complexity index is 1100. The number of nitrogens with zero attached hydrogens (tertiary/aromatic N) is 2. The Hall–Kier alpha value is -2.64. The van der Waals surface area contributed by atoms with Crippen LogP contribution in [-0.2, 0) is 12.7 Å². The third kappa shape index (κ3) is 6.53. The maximum Gasteiger partial charge on any atom is 0.416 e. The molecule has 3 aromatic rings. The van der Waals surface area contributed by atoms with Crippen molar-refractivity contribution in [2.45, 2.75) is 32.5 Å². The molecule has 0 bridgehead atoms. The minimum atomic E-state index is -4.38. The summed E-state index contributed by atoms with van der Waals surface area (Å²) in [6.07, 6.45) is -4.38. The molecule has 1 aromatic heterocycles. The van der Waals surface area contributed by atoms with Crippen LogP contribution in [0, 0.1) is 11.8 Å². The van der Waals surface area contributed by atoms with Gasteiger partial charge in [-0.3, -0.25) is 9.69 Å². The summed E-state index contributed by atoms with van der Waals surface area (Å²) in [5.74, 6) is 0.192. The molecule has 186 valence electrons. The van der Waals surface area contributed by atoms with Crippen LogP contribution in [-0.4, -0.2) is 41.9 Å². The lowest BCUT2D eigenvalue weighted by Gasteiger charge is -2.30. The van der Waals surface area contributed by atoms with Gasteiger partial charge in [-0.05, 0) is 47.0 Å². The highest BCUT2D eigenvalue weighted by Gasteiger charge is 2.38. The average Bonchev–Trinajstić information content (AvgIpc) is 3.48. The number of hydrogen-bond acceptors (Lipinski definition) is 3. The van der Waals surface area contributed by atoms with Gasteiger partial charge in [0.1, 0.15) is 0 Å². The zero-order valence-electron chi connectivity index (χ0n) is 20.0. The largest absolute Gasteiger partial charge is 0.416 e. The quantitative estimate of drug-likeness (QED) is 0.340. The number of amides is 1. The van der Waals surface area contributed by atoms with Gasteiger partial charge < -0.3 is 4.90 Å². The molecular weight excluding hydrogens is 469 g/mol. The molecule has 0 aliphatic carbocycles. The highest BCUT2D eigenvalue weighted by molar-refractivity contribution is 7.09. The summed E-state index contributed by atoms with van der Waals surface area (Å²) in [4.78, 5) is 18.8.